The molecule has 6 nitrogen and oxygen atoms in total. The number of ether oxygens (including phenoxy) is 1. The van der Waals surface area contributed by atoms with Gasteiger partial charge < -0.3 is 20.3 Å². The van der Waals surface area contributed by atoms with Crippen LogP contribution in [0.4, 0.5) is 0 Å². The van der Waals surface area contributed by atoms with Gasteiger partial charge in [0.15, 0.2) is 0 Å². The van der Waals surface area contributed by atoms with E-state index in [4.69, 9.17) is 10.5 Å². The Morgan fingerprint density at radius 1 is 1.19 bits per heavy atom. The van der Waals surface area contributed by atoms with Gasteiger partial charge in [-0.05, 0) is 62.2 Å². The van der Waals surface area contributed by atoms with Crippen LogP contribution in [0, 0.1) is 5.41 Å². The van der Waals surface area contributed by atoms with Gasteiger partial charge in [0.25, 0.3) is 0 Å². The number of para-hydroxylation sites is 1. The van der Waals surface area contributed by atoms with E-state index >= 15 is 0 Å². The molecule has 1 fully saturated rings. The number of benzene rings is 1. The average Bonchev–Trinajstić information content (AvgIpc) is 2.79. The Morgan fingerprint density at radius 3 is 2.68 bits per heavy atom. The number of fused-ring (bicyclic) bond motifs is 1. The molecule has 0 aromatic heterocycles. The lowest BCUT2D eigenvalue weighted by molar-refractivity contribution is -0.148. The molecule has 2 aliphatic rings. The van der Waals surface area contributed by atoms with E-state index in [1.54, 1.807) is 11.8 Å². The molecule has 7 heteroatoms. The van der Waals surface area contributed by atoms with Crippen molar-refractivity contribution >= 4 is 23.6 Å². The number of nitrogens with two attached hydrogens (primary N) is 1. The third-order valence-corrected chi connectivity index (χ3v) is 7.44. The summed E-state index contributed by atoms with van der Waals surface area (Å²) in [5.41, 5.74) is 6.97. The van der Waals surface area contributed by atoms with Crippen LogP contribution in [-0.4, -0.2) is 73.0 Å². The molecule has 1 aromatic rings. The number of rotatable bonds is 4. The Kier molecular flexibility index (Phi) is 8.67. The topological polar surface area (TPSA) is 75.9 Å². The van der Waals surface area contributed by atoms with Crippen molar-refractivity contribution < 1.29 is 14.3 Å². The molecule has 1 saturated heterocycles. The minimum absolute atomic E-state index is 0.0304. The van der Waals surface area contributed by atoms with Crippen LogP contribution in [0.15, 0.2) is 24.3 Å². The van der Waals surface area contributed by atoms with Crippen LogP contribution in [0.1, 0.15) is 44.1 Å². The number of likely N-dealkylation sites (N-methyl/N-ethyl adjacent to an activating group) is 1. The van der Waals surface area contributed by atoms with Gasteiger partial charge in [-0.25, -0.2) is 0 Å². The predicted molar refractivity (Wildman–Crippen MR) is 126 cm³/mol. The summed E-state index contributed by atoms with van der Waals surface area (Å²) >= 11 is 1.71. The second-order valence-corrected chi connectivity index (χ2v) is 9.87. The second-order valence-electron chi connectivity index (χ2n) is 8.88. The van der Waals surface area contributed by atoms with E-state index in [-0.39, 0.29) is 17.2 Å². The molecule has 0 saturated carbocycles. The molecular formula is C24H37N3O3S. The van der Waals surface area contributed by atoms with Gasteiger partial charge in [-0.1, -0.05) is 24.6 Å². The smallest absolute Gasteiger partial charge is 0.239 e. The highest BCUT2D eigenvalue weighted by atomic mass is 32.2. The molecule has 0 radical (unpaired) electrons. The minimum Gasteiger partial charge on any atom is -0.491 e. The Labute approximate surface area is 190 Å². The van der Waals surface area contributed by atoms with Crippen LogP contribution in [-0.2, 0) is 16.0 Å². The zero-order chi connectivity index (χ0) is 22.3. The number of carbonyl (C=O) groups excluding carboxylic acids is 2. The molecule has 2 amide bonds. The lowest BCUT2D eigenvalue weighted by Gasteiger charge is -2.43. The highest BCUT2D eigenvalue weighted by Gasteiger charge is 2.43. The number of piperidine rings is 1. The first-order valence-electron chi connectivity index (χ1n) is 11.5. The summed E-state index contributed by atoms with van der Waals surface area (Å²) in [6.45, 7) is 2.29. The Balaban J connectivity index is 1.66. The molecule has 1 aromatic carbocycles. The zero-order valence-corrected chi connectivity index (χ0v) is 19.8. The molecule has 0 unspecified atom stereocenters. The molecular weight excluding hydrogens is 410 g/mol. The number of carbonyl (C=O) groups is 2. The molecule has 2 heterocycles. The van der Waals surface area contributed by atoms with Crippen LogP contribution in [0.2, 0.25) is 0 Å². The van der Waals surface area contributed by atoms with Gasteiger partial charge in [0.05, 0.1) is 18.0 Å². The standard InChI is InChI=1S/C24H37N3O3S/c1-26-16-17-30-21-9-4-3-7-19(21)8-5-6-11-24(23(26)29)12-14-27(15-13-24)22(28)20(25)10-18-31-2/h3-4,7,9,20H,5-6,8,10-18,25H2,1-2H3/t20-/m1/s1. The fraction of sp³-hybridized carbons (Fsp3) is 0.667. The van der Waals surface area contributed by atoms with E-state index < -0.39 is 6.04 Å². The fourth-order valence-corrected chi connectivity index (χ4v) is 5.25. The summed E-state index contributed by atoms with van der Waals surface area (Å²) in [5, 5.41) is 0. The molecule has 3 rings (SSSR count). The second kappa shape index (κ2) is 11.2. The monoisotopic (exact) mass is 447 g/mol. The van der Waals surface area contributed by atoms with E-state index in [1.807, 2.05) is 35.2 Å². The first-order valence-corrected chi connectivity index (χ1v) is 12.9. The number of likely N-dealkylation sites (tertiary alicyclic amines) is 1. The van der Waals surface area contributed by atoms with Gasteiger partial charge in [0.1, 0.15) is 12.4 Å². The lowest BCUT2D eigenvalue weighted by atomic mass is 9.73. The average molecular weight is 448 g/mol. The van der Waals surface area contributed by atoms with E-state index in [0.29, 0.717) is 45.5 Å². The van der Waals surface area contributed by atoms with Crippen molar-refractivity contribution in [3.8, 4) is 5.75 Å². The van der Waals surface area contributed by atoms with Crippen molar-refractivity contribution in [2.75, 3.05) is 45.3 Å². The Bertz CT molecular complexity index is 749. The quantitative estimate of drug-likeness (QED) is 0.768. The fourth-order valence-electron chi connectivity index (χ4n) is 4.76. The van der Waals surface area contributed by atoms with Crippen molar-refractivity contribution in [1.82, 2.24) is 9.80 Å². The maximum atomic E-state index is 13.5. The van der Waals surface area contributed by atoms with Gasteiger partial charge >= 0.3 is 0 Å². The summed E-state index contributed by atoms with van der Waals surface area (Å²) in [4.78, 5) is 29.9. The van der Waals surface area contributed by atoms with Crippen molar-refractivity contribution in [3.63, 3.8) is 0 Å². The number of aryl methyl sites for hydroxylation is 1. The van der Waals surface area contributed by atoms with Crippen LogP contribution >= 0.6 is 11.8 Å². The van der Waals surface area contributed by atoms with E-state index in [2.05, 4.69) is 12.1 Å². The van der Waals surface area contributed by atoms with Crippen LogP contribution in [0.5, 0.6) is 5.75 Å². The molecule has 1 atom stereocenters. The summed E-state index contributed by atoms with van der Waals surface area (Å²) in [6, 6.07) is 7.77. The first-order chi connectivity index (χ1) is 15.0. The third kappa shape index (κ3) is 5.95. The summed E-state index contributed by atoms with van der Waals surface area (Å²) in [5.74, 6) is 2.05. The van der Waals surface area contributed by atoms with Crippen LogP contribution < -0.4 is 10.5 Å². The van der Waals surface area contributed by atoms with Crippen LogP contribution in [0.3, 0.4) is 0 Å². The number of thioether (sulfide) groups is 1. The largest absolute Gasteiger partial charge is 0.491 e. The van der Waals surface area contributed by atoms with Crippen molar-refractivity contribution in [2.45, 2.75) is 51.0 Å². The minimum atomic E-state index is -0.437. The van der Waals surface area contributed by atoms with Crippen molar-refractivity contribution in [2.24, 2.45) is 11.1 Å². The predicted octanol–water partition coefficient (Wildman–Crippen LogP) is 2.94. The number of hydrogen-bond acceptors (Lipinski definition) is 5. The van der Waals surface area contributed by atoms with Crippen molar-refractivity contribution in [1.29, 1.82) is 0 Å². The number of hydrogen-bond donors (Lipinski definition) is 1. The Hall–Kier alpha value is -1.73. The van der Waals surface area contributed by atoms with Gasteiger partial charge in [-0.15, -0.1) is 0 Å². The molecule has 31 heavy (non-hydrogen) atoms. The van der Waals surface area contributed by atoms with Crippen molar-refractivity contribution in [3.05, 3.63) is 29.8 Å². The van der Waals surface area contributed by atoms with Gasteiger partial charge in [-0.3, -0.25) is 9.59 Å². The lowest BCUT2D eigenvalue weighted by Crippen LogP contribution is -2.53. The third-order valence-electron chi connectivity index (χ3n) is 6.79. The molecule has 2 aliphatic heterocycles. The maximum absolute atomic E-state index is 13.5. The van der Waals surface area contributed by atoms with E-state index in [0.717, 1.165) is 37.2 Å². The summed E-state index contributed by atoms with van der Waals surface area (Å²) in [7, 11) is 1.88. The first kappa shape index (κ1) is 23.9. The zero-order valence-electron chi connectivity index (χ0n) is 19.0. The van der Waals surface area contributed by atoms with Gasteiger partial charge in [-0.2, -0.15) is 11.8 Å². The normalized spacial score (nSPS) is 20.9. The SMILES string of the molecule is CSCC[C@@H](N)C(=O)N1CCC2(CCCCc3ccccc3OCCN(C)C2=O)CC1. The molecule has 172 valence electrons. The highest BCUT2D eigenvalue weighted by Crippen LogP contribution is 2.39. The maximum Gasteiger partial charge on any atom is 0.239 e. The van der Waals surface area contributed by atoms with E-state index in [1.165, 1.54) is 5.56 Å². The van der Waals surface area contributed by atoms with E-state index in [9.17, 15) is 9.59 Å². The number of amides is 2. The molecule has 1 spiro atoms. The summed E-state index contributed by atoms with van der Waals surface area (Å²) < 4.78 is 6.00. The Morgan fingerprint density at radius 2 is 1.94 bits per heavy atom. The molecule has 0 bridgehead atoms. The molecule has 0 aliphatic carbocycles. The highest BCUT2D eigenvalue weighted by molar-refractivity contribution is 7.98. The van der Waals surface area contributed by atoms with Crippen LogP contribution in [0.25, 0.3) is 0 Å². The summed E-state index contributed by atoms with van der Waals surface area (Å²) in [6.07, 6.45) is 8.02. The van der Waals surface area contributed by atoms with Gasteiger partial charge in [0, 0.05) is 20.1 Å². The van der Waals surface area contributed by atoms with Gasteiger partial charge in [0.2, 0.25) is 11.8 Å². The number of nitrogens with zero attached hydrogens (tertiary/aromatic N) is 2. The molecule has 2 N–H and O–H groups in total.